The van der Waals surface area contributed by atoms with Crippen LogP contribution in [0.3, 0.4) is 0 Å². The molecule has 0 aliphatic heterocycles. The molecule has 2 rings (SSSR count). The van der Waals surface area contributed by atoms with Crippen molar-refractivity contribution in [3.63, 3.8) is 0 Å². The second-order valence-corrected chi connectivity index (χ2v) is 8.74. The molecule has 0 spiro atoms. The summed E-state index contributed by atoms with van der Waals surface area (Å²) in [6.45, 7) is 10.2. The van der Waals surface area contributed by atoms with Gasteiger partial charge >= 0.3 is 0 Å². The number of benzene rings is 2. The number of amides is 2. The Morgan fingerprint density at radius 1 is 0.968 bits per heavy atom. The van der Waals surface area contributed by atoms with Gasteiger partial charge in [0.25, 0.3) is 5.91 Å². The number of rotatable bonds is 8. The van der Waals surface area contributed by atoms with E-state index >= 15 is 0 Å². The highest BCUT2D eigenvalue weighted by Gasteiger charge is 2.18. The first-order valence-corrected chi connectivity index (χ1v) is 11.2. The van der Waals surface area contributed by atoms with E-state index in [1.165, 1.54) is 5.56 Å². The van der Waals surface area contributed by atoms with E-state index in [1.807, 2.05) is 39.0 Å². The lowest BCUT2D eigenvalue weighted by Crippen LogP contribution is -2.37. The Hall–Kier alpha value is -2.73. The van der Waals surface area contributed by atoms with E-state index in [-0.39, 0.29) is 28.9 Å². The van der Waals surface area contributed by atoms with E-state index in [9.17, 15) is 9.59 Å². The molecule has 166 valence electrons. The predicted molar refractivity (Wildman–Crippen MR) is 131 cm³/mol. The van der Waals surface area contributed by atoms with Crippen molar-refractivity contribution in [1.82, 2.24) is 10.6 Å². The van der Waals surface area contributed by atoms with Crippen LogP contribution in [0.25, 0.3) is 0 Å². The molecule has 5 nitrogen and oxygen atoms in total. The lowest BCUT2D eigenvalue weighted by atomic mass is 9.96. The molecule has 2 aromatic carbocycles. The van der Waals surface area contributed by atoms with Gasteiger partial charge < -0.3 is 16.0 Å². The Bertz CT molecular complexity index is 909. The summed E-state index contributed by atoms with van der Waals surface area (Å²) in [5.74, 6) is -0.140. The van der Waals surface area contributed by atoms with Crippen molar-refractivity contribution >= 4 is 34.8 Å². The first kappa shape index (κ1) is 24.5. The van der Waals surface area contributed by atoms with Gasteiger partial charge in [-0.05, 0) is 68.1 Å². The molecule has 0 saturated heterocycles. The Balaban J connectivity index is 2.01. The number of carbonyl (C=O) groups is 2. The van der Waals surface area contributed by atoms with Crippen LogP contribution >= 0.6 is 12.2 Å². The first-order valence-electron chi connectivity index (χ1n) is 10.8. The van der Waals surface area contributed by atoms with Crippen LogP contribution < -0.4 is 16.0 Å². The maximum atomic E-state index is 12.7. The second-order valence-electron chi connectivity index (χ2n) is 8.33. The highest BCUT2D eigenvalue weighted by molar-refractivity contribution is 7.80. The fraction of sp³-hybridized carbons (Fsp3) is 0.400. The zero-order valence-corrected chi connectivity index (χ0v) is 19.8. The van der Waals surface area contributed by atoms with E-state index in [2.05, 4.69) is 41.9 Å². The normalized spacial score (nSPS) is 12.7. The van der Waals surface area contributed by atoms with Crippen molar-refractivity contribution in [2.45, 2.75) is 59.4 Å². The Labute approximate surface area is 191 Å². The highest BCUT2D eigenvalue weighted by Crippen LogP contribution is 2.19. The van der Waals surface area contributed by atoms with Crippen LogP contribution in [0.15, 0.2) is 48.5 Å². The van der Waals surface area contributed by atoms with Crippen molar-refractivity contribution < 1.29 is 9.59 Å². The van der Waals surface area contributed by atoms with Crippen LogP contribution in [0.5, 0.6) is 0 Å². The molecule has 0 radical (unpaired) electrons. The number of hydrogen-bond acceptors (Lipinski definition) is 3. The highest BCUT2D eigenvalue weighted by atomic mass is 32.1. The molecular formula is C25H33N3O2S. The van der Waals surface area contributed by atoms with Gasteiger partial charge in [-0.1, -0.05) is 57.2 Å². The van der Waals surface area contributed by atoms with Crippen LogP contribution in [0.2, 0.25) is 0 Å². The molecule has 0 aliphatic rings. The van der Waals surface area contributed by atoms with E-state index < -0.39 is 0 Å². The molecule has 2 amide bonds. The van der Waals surface area contributed by atoms with Crippen LogP contribution in [0, 0.1) is 5.92 Å². The molecule has 3 N–H and O–H groups in total. The van der Waals surface area contributed by atoms with Gasteiger partial charge in [0.1, 0.15) is 0 Å². The lowest BCUT2D eigenvalue weighted by molar-refractivity contribution is -0.120. The van der Waals surface area contributed by atoms with E-state index in [4.69, 9.17) is 12.2 Å². The third-order valence-electron chi connectivity index (χ3n) is 5.16. The van der Waals surface area contributed by atoms with Crippen LogP contribution in [0.1, 0.15) is 68.4 Å². The minimum atomic E-state index is -0.350. The fourth-order valence-electron chi connectivity index (χ4n) is 3.13. The van der Waals surface area contributed by atoms with Gasteiger partial charge in [0.05, 0.1) is 17.2 Å². The Morgan fingerprint density at radius 3 is 2.23 bits per heavy atom. The molecule has 0 aromatic heterocycles. The fourth-order valence-corrected chi connectivity index (χ4v) is 3.34. The minimum absolute atomic E-state index is 0.0694. The van der Waals surface area contributed by atoms with Gasteiger partial charge in [0, 0.05) is 6.04 Å². The molecule has 2 unspecified atom stereocenters. The molecule has 0 fully saturated rings. The monoisotopic (exact) mass is 439 g/mol. The molecule has 0 saturated carbocycles. The van der Waals surface area contributed by atoms with Gasteiger partial charge in [-0.15, -0.1) is 0 Å². The third-order valence-corrected chi connectivity index (χ3v) is 5.37. The summed E-state index contributed by atoms with van der Waals surface area (Å²) in [7, 11) is 0. The number of carbonyl (C=O) groups excluding carboxylic acids is 2. The zero-order chi connectivity index (χ0) is 23.0. The van der Waals surface area contributed by atoms with Gasteiger partial charge in [-0.25, -0.2) is 0 Å². The summed E-state index contributed by atoms with van der Waals surface area (Å²) < 4.78 is 0. The van der Waals surface area contributed by atoms with Crippen LogP contribution in [0.4, 0.5) is 5.69 Å². The van der Waals surface area contributed by atoms with Crippen molar-refractivity contribution in [1.29, 1.82) is 0 Å². The van der Waals surface area contributed by atoms with Gasteiger partial charge in [-0.2, -0.15) is 0 Å². The summed E-state index contributed by atoms with van der Waals surface area (Å²) >= 11 is 5.33. The molecule has 0 bridgehead atoms. The molecule has 6 heteroatoms. The SMILES string of the molecule is CCC(C)NC(=O)c1ccccc1NC(=S)NC(=O)C(C)c1ccc(CC(C)C)cc1. The Kier molecular flexibility index (Phi) is 9.19. The van der Waals surface area contributed by atoms with Crippen molar-refractivity contribution in [2.24, 2.45) is 5.92 Å². The molecule has 31 heavy (non-hydrogen) atoms. The van der Waals surface area contributed by atoms with Crippen molar-refractivity contribution in [2.75, 3.05) is 5.32 Å². The molecule has 2 aromatic rings. The topological polar surface area (TPSA) is 70.2 Å². The quantitative estimate of drug-likeness (QED) is 0.505. The third kappa shape index (κ3) is 7.47. The first-order chi connectivity index (χ1) is 14.7. The number of para-hydroxylation sites is 1. The van der Waals surface area contributed by atoms with Gasteiger partial charge in [0.2, 0.25) is 5.91 Å². The van der Waals surface area contributed by atoms with Gasteiger partial charge in [0.15, 0.2) is 5.11 Å². The summed E-state index contributed by atoms with van der Waals surface area (Å²) in [5.41, 5.74) is 3.23. The smallest absolute Gasteiger partial charge is 0.253 e. The Morgan fingerprint density at radius 2 is 1.61 bits per heavy atom. The van der Waals surface area contributed by atoms with E-state index in [1.54, 1.807) is 18.2 Å². The minimum Gasteiger partial charge on any atom is -0.350 e. The largest absolute Gasteiger partial charge is 0.350 e. The van der Waals surface area contributed by atoms with Gasteiger partial charge in [-0.3, -0.25) is 9.59 Å². The summed E-state index contributed by atoms with van der Waals surface area (Å²) in [6, 6.07) is 15.3. The summed E-state index contributed by atoms with van der Waals surface area (Å²) in [4.78, 5) is 25.2. The van der Waals surface area contributed by atoms with Crippen LogP contribution in [-0.4, -0.2) is 23.0 Å². The zero-order valence-electron chi connectivity index (χ0n) is 19.0. The molecule has 0 aliphatic carbocycles. The number of nitrogens with one attached hydrogen (secondary N) is 3. The average Bonchev–Trinajstić information content (AvgIpc) is 2.73. The maximum Gasteiger partial charge on any atom is 0.253 e. The average molecular weight is 440 g/mol. The second kappa shape index (κ2) is 11.6. The summed E-state index contributed by atoms with van der Waals surface area (Å²) in [5, 5.41) is 8.84. The summed E-state index contributed by atoms with van der Waals surface area (Å²) in [6.07, 6.45) is 1.85. The van der Waals surface area contributed by atoms with Crippen LogP contribution in [-0.2, 0) is 11.2 Å². The lowest BCUT2D eigenvalue weighted by Gasteiger charge is -2.17. The van der Waals surface area contributed by atoms with Crippen molar-refractivity contribution in [3.05, 3.63) is 65.2 Å². The number of hydrogen-bond donors (Lipinski definition) is 3. The molecular weight excluding hydrogens is 406 g/mol. The number of thiocarbonyl (C=S) groups is 1. The van der Waals surface area contributed by atoms with E-state index in [0.29, 0.717) is 17.2 Å². The predicted octanol–water partition coefficient (Wildman–Crippen LogP) is 5.03. The molecule has 0 heterocycles. The number of anilines is 1. The molecule has 2 atom stereocenters. The van der Waals surface area contributed by atoms with E-state index in [0.717, 1.165) is 18.4 Å². The maximum absolute atomic E-state index is 12.7. The van der Waals surface area contributed by atoms with Crippen molar-refractivity contribution in [3.8, 4) is 0 Å². The standard InChI is InChI=1S/C25H33N3O2S/c1-6-17(4)26-24(30)21-9-7-8-10-22(21)27-25(31)28-23(29)18(5)20-13-11-19(12-14-20)15-16(2)3/h7-14,16-18H,6,15H2,1-5H3,(H,26,30)(H2,27,28,29,31).